The lowest BCUT2D eigenvalue weighted by Crippen LogP contribution is -2.36. The smallest absolute Gasteiger partial charge is 0.253 e. The van der Waals surface area contributed by atoms with Crippen molar-refractivity contribution in [1.82, 2.24) is 5.32 Å². The monoisotopic (exact) mass is 485 g/mol. The van der Waals surface area contributed by atoms with E-state index < -0.39 is 0 Å². The molecule has 1 aliphatic heterocycles. The first-order chi connectivity index (χ1) is 16.6. The molecule has 3 N–H and O–H groups in total. The fourth-order valence-electron chi connectivity index (χ4n) is 4.31. The number of hydrogen-bond donors (Lipinski definition) is 3. The number of carbonyl (C=O) groups is 2. The normalized spacial score (nSPS) is 18.3. The van der Waals surface area contributed by atoms with Gasteiger partial charge in [0.15, 0.2) is 0 Å². The van der Waals surface area contributed by atoms with Gasteiger partial charge in [0.1, 0.15) is 12.4 Å². The number of halogens is 1. The maximum atomic E-state index is 12.7. The Morgan fingerprint density at radius 3 is 2.47 bits per heavy atom. The van der Waals surface area contributed by atoms with E-state index in [1.807, 2.05) is 12.1 Å². The molecular weight excluding hydrogens is 454 g/mol. The SMILES string of the molecule is O=C(CNc1ccc(Cl)c(C(=O)NC2CCCCC2)c1)Nc1ccc(OCC2CCCO2)cc1. The van der Waals surface area contributed by atoms with Crippen molar-refractivity contribution in [2.75, 3.05) is 30.4 Å². The molecule has 1 heterocycles. The van der Waals surface area contributed by atoms with Crippen LogP contribution < -0.4 is 20.7 Å². The number of hydrogen-bond acceptors (Lipinski definition) is 5. The van der Waals surface area contributed by atoms with Gasteiger partial charge in [-0.05, 0) is 68.1 Å². The Morgan fingerprint density at radius 2 is 1.74 bits per heavy atom. The van der Waals surface area contributed by atoms with Crippen LogP contribution in [0.1, 0.15) is 55.3 Å². The lowest BCUT2D eigenvalue weighted by Gasteiger charge is -2.23. The van der Waals surface area contributed by atoms with Gasteiger partial charge in [-0.2, -0.15) is 0 Å². The summed E-state index contributed by atoms with van der Waals surface area (Å²) in [4.78, 5) is 25.1. The fourth-order valence-corrected chi connectivity index (χ4v) is 4.51. The molecule has 2 amide bonds. The minimum Gasteiger partial charge on any atom is -0.491 e. The standard InChI is InChI=1S/C26H32ClN3O4/c27-24-13-10-20(15-23(24)26(32)30-18-5-2-1-3-6-18)28-16-25(31)29-19-8-11-21(12-9-19)34-17-22-7-4-14-33-22/h8-13,15,18,22,28H,1-7,14,16-17H2,(H,29,31)(H,30,32). The molecule has 0 spiro atoms. The van der Waals surface area contributed by atoms with Crippen molar-refractivity contribution >= 4 is 34.8 Å². The highest BCUT2D eigenvalue weighted by atomic mass is 35.5. The van der Waals surface area contributed by atoms with Crippen LogP contribution in [0, 0.1) is 0 Å². The number of carbonyl (C=O) groups excluding carboxylic acids is 2. The second kappa shape index (κ2) is 12.1. The lowest BCUT2D eigenvalue weighted by atomic mass is 9.95. The molecule has 182 valence electrons. The van der Waals surface area contributed by atoms with Crippen molar-refractivity contribution in [3.8, 4) is 5.75 Å². The van der Waals surface area contributed by atoms with Crippen LogP contribution >= 0.6 is 11.6 Å². The van der Waals surface area contributed by atoms with Crippen molar-refractivity contribution in [3.63, 3.8) is 0 Å². The largest absolute Gasteiger partial charge is 0.491 e. The number of rotatable bonds is 9. The van der Waals surface area contributed by atoms with Gasteiger partial charge in [0.2, 0.25) is 5.91 Å². The molecular formula is C26H32ClN3O4. The van der Waals surface area contributed by atoms with E-state index in [0.29, 0.717) is 28.6 Å². The van der Waals surface area contributed by atoms with Gasteiger partial charge in [0.25, 0.3) is 5.91 Å². The van der Waals surface area contributed by atoms with Crippen LogP contribution in [0.25, 0.3) is 0 Å². The van der Waals surface area contributed by atoms with Gasteiger partial charge in [-0.25, -0.2) is 0 Å². The highest BCUT2D eigenvalue weighted by molar-refractivity contribution is 6.34. The summed E-state index contributed by atoms with van der Waals surface area (Å²) in [5, 5.41) is 9.39. The predicted octanol–water partition coefficient (Wildman–Crippen LogP) is 5.01. The van der Waals surface area contributed by atoms with E-state index in [9.17, 15) is 9.59 Å². The Hall–Kier alpha value is -2.77. The Kier molecular flexibility index (Phi) is 8.66. The Morgan fingerprint density at radius 1 is 0.971 bits per heavy atom. The molecule has 0 aromatic heterocycles. The Balaban J connectivity index is 1.24. The zero-order chi connectivity index (χ0) is 23.8. The molecule has 1 aliphatic carbocycles. The third-order valence-corrected chi connectivity index (χ3v) is 6.53. The van der Waals surface area contributed by atoms with Gasteiger partial charge in [-0.1, -0.05) is 30.9 Å². The summed E-state index contributed by atoms with van der Waals surface area (Å²) in [6.07, 6.45) is 7.79. The molecule has 8 heteroatoms. The van der Waals surface area contributed by atoms with Gasteiger partial charge < -0.3 is 25.4 Å². The zero-order valence-electron chi connectivity index (χ0n) is 19.3. The molecule has 2 fully saturated rings. The molecule has 1 saturated carbocycles. The van der Waals surface area contributed by atoms with Gasteiger partial charge in [0, 0.05) is 24.0 Å². The second-order valence-corrected chi connectivity index (χ2v) is 9.28. The third kappa shape index (κ3) is 7.11. The molecule has 0 radical (unpaired) electrons. The van der Waals surface area contributed by atoms with Crippen molar-refractivity contribution in [3.05, 3.63) is 53.1 Å². The first kappa shape index (κ1) is 24.4. The molecule has 1 atom stereocenters. The average Bonchev–Trinajstić information content (AvgIpc) is 3.37. The number of benzene rings is 2. The van der Waals surface area contributed by atoms with Crippen LogP contribution in [0.5, 0.6) is 5.75 Å². The van der Waals surface area contributed by atoms with E-state index in [4.69, 9.17) is 21.1 Å². The summed E-state index contributed by atoms with van der Waals surface area (Å²) in [5.74, 6) is 0.370. The molecule has 34 heavy (non-hydrogen) atoms. The summed E-state index contributed by atoms with van der Waals surface area (Å²) in [6, 6.07) is 12.6. The molecule has 7 nitrogen and oxygen atoms in total. The molecule has 1 unspecified atom stereocenters. The fraction of sp³-hybridized carbons (Fsp3) is 0.462. The van der Waals surface area contributed by atoms with Crippen LogP contribution in [0.2, 0.25) is 5.02 Å². The van der Waals surface area contributed by atoms with E-state index >= 15 is 0 Å². The number of anilines is 2. The summed E-state index contributed by atoms with van der Waals surface area (Å²) in [6.45, 7) is 1.40. The van der Waals surface area contributed by atoms with Gasteiger partial charge in [-0.3, -0.25) is 9.59 Å². The van der Waals surface area contributed by atoms with E-state index in [1.54, 1.807) is 30.3 Å². The molecule has 2 aromatic carbocycles. The summed E-state index contributed by atoms with van der Waals surface area (Å²) in [7, 11) is 0. The van der Waals surface area contributed by atoms with Crippen molar-refractivity contribution in [2.24, 2.45) is 0 Å². The molecule has 0 bridgehead atoms. The Bertz CT molecular complexity index is 971. The predicted molar refractivity (Wildman–Crippen MR) is 134 cm³/mol. The minimum absolute atomic E-state index is 0.0581. The third-order valence-electron chi connectivity index (χ3n) is 6.20. The highest BCUT2D eigenvalue weighted by Gasteiger charge is 2.19. The molecule has 2 aromatic rings. The molecule has 1 saturated heterocycles. The average molecular weight is 486 g/mol. The van der Waals surface area contributed by atoms with E-state index in [0.717, 1.165) is 50.9 Å². The molecule has 4 rings (SSSR count). The van der Waals surface area contributed by atoms with Gasteiger partial charge in [0.05, 0.1) is 23.2 Å². The number of amides is 2. The van der Waals surface area contributed by atoms with Crippen LogP contribution in [-0.2, 0) is 9.53 Å². The topological polar surface area (TPSA) is 88.7 Å². The van der Waals surface area contributed by atoms with Crippen LogP contribution in [0.15, 0.2) is 42.5 Å². The van der Waals surface area contributed by atoms with E-state index in [2.05, 4.69) is 16.0 Å². The first-order valence-electron chi connectivity index (χ1n) is 12.1. The first-order valence-corrected chi connectivity index (χ1v) is 12.4. The zero-order valence-corrected chi connectivity index (χ0v) is 20.0. The number of ether oxygens (including phenoxy) is 2. The van der Waals surface area contributed by atoms with Crippen LogP contribution in [-0.4, -0.2) is 43.7 Å². The van der Waals surface area contributed by atoms with Crippen molar-refractivity contribution in [1.29, 1.82) is 0 Å². The second-order valence-electron chi connectivity index (χ2n) is 8.88. The maximum absolute atomic E-state index is 12.7. The van der Waals surface area contributed by atoms with Crippen molar-refractivity contribution < 1.29 is 19.1 Å². The maximum Gasteiger partial charge on any atom is 0.253 e. The van der Waals surface area contributed by atoms with Gasteiger partial charge in [-0.15, -0.1) is 0 Å². The van der Waals surface area contributed by atoms with E-state index in [1.165, 1.54) is 6.42 Å². The quantitative estimate of drug-likeness (QED) is 0.464. The summed E-state index contributed by atoms with van der Waals surface area (Å²) in [5.41, 5.74) is 1.75. The molecule has 2 aliphatic rings. The minimum atomic E-state index is -0.198. The summed E-state index contributed by atoms with van der Waals surface area (Å²) < 4.78 is 11.3. The number of nitrogens with one attached hydrogen (secondary N) is 3. The Labute approximate surface area is 205 Å². The van der Waals surface area contributed by atoms with Crippen LogP contribution in [0.4, 0.5) is 11.4 Å². The van der Waals surface area contributed by atoms with Crippen LogP contribution in [0.3, 0.4) is 0 Å². The lowest BCUT2D eigenvalue weighted by molar-refractivity contribution is -0.114. The van der Waals surface area contributed by atoms with Crippen molar-refractivity contribution in [2.45, 2.75) is 57.1 Å². The van der Waals surface area contributed by atoms with Gasteiger partial charge >= 0.3 is 0 Å². The summed E-state index contributed by atoms with van der Waals surface area (Å²) >= 11 is 6.27. The highest BCUT2D eigenvalue weighted by Crippen LogP contribution is 2.23. The van der Waals surface area contributed by atoms with E-state index in [-0.39, 0.29) is 30.5 Å².